The van der Waals surface area contributed by atoms with Gasteiger partial charge in [-0.25, -0.2) is 9.59 Å². The van der Waals surface area contributed by atoms with Gasteiger partial charge in [0.05, 0.1) is 6.10 Å². The normalized spacial score (nSPS) is 9.94. The SMILES string of the molecule is CC(C)OC(=O)OCOC(=O)c1ccc[nH]1. The summed E-state index contributed by atoms with van der Waals surface area (Å²) in [6.45, 7) is 2.90. The maximum absolute atomic E-state index is 11.2. The van der Waals surface area contributed by atoms with Crippen LogP contribution in [-0.2, 0) is 14.2 Å². The van der Waals surface area contributed by atoms with Crippen LogP contribution in [0.2, 0.25) is 0 Å². The number of rotatable bonds is 4. The first-order chi connectivity index (χ1) is 7.59. The van der Waals surface area contributed by atoms with Crippen molar-refractivity contribution in [2.24, 2.45) is 0 Å². The standard InChI is InChI=1S/C10H13NO5/c1-7(2)16-10(13)15-6-14-9(12)8-4-3-5-11-8/h3-5,7,11H,6H2,1-2H3. The fourth-order valence-corrected chi connectivity index (χ4v) is 0.893. The lowest BCUT2D eigenvalue weighted by Gasteiger charge is -2.08. The first kappa shape index (κ1) is 12.1. The first-order valence-corrected chi connectivity index (χ1v) is 4.73. The molecule has 1 N–H and O–H groups in total. The maximum Gasteiger partial charge on any atom is 0.511 e. The fourth-order valence-electron chi connectivity index (χ4n) is 0.893. The summed E-state index contributed by atoms with van der Waals surface area (Å²) >= 11 is 0. The molecule has 0 bridgehead atoms. The van der Waals surface area contributed by atoms with Crippen LogP contribution in [0.25, 0.3) is 0 Å². The van der Waals surface area contributed by atoms with Crippen molar-refractivity contribution in [3.8, 4) is 0 Å². The van der Waals surface area contributed by atoms with Gasteiger partial charge in [-0.05, 0) is 26.0 Å². The second-order valence-electron chi connectivity index (χ2n) is 3.19. The summed E-state index contributed by atoms with van der Waals surface area (Å²) in [6, 6.07) is 3.21. The molecule has 0 aliphatic rings. The van der Waals surface area contributed by atoms with Crippen LogP contribution < -0.4 is 0 Å². The number of esters is 1. The molecule has 0 atom stereocenters. The van der Waals surface area contributed by atoms with Crippen molar-refractivity contribution >= 4 is 12.1 Å². The molecule has 88 valence electrons. The molecular formula is C10H13NO5. The number of nitrogens with one attached hydrogen (secondary N) is 1. The molecular weight excluding hydrogens is 214 g/mol. The van der Waals surface area contributed by atoms with Crippen LogP contribution in [0.15, 0.2) is 18.3 Å². The van der Waals surface area contributed by atoms with Gasteiger partial charge in [-0.15, -0.1) is 0 Å². The highest BCUT2D eigenvalue weighted by Crippen LogP contribution is 1.98. The summed E-state index contributed by atoms with van der Waals surface area (Å²) < 4.78 is 13.8. The molecule has 6 heteroatoms. The topological polar surface area (TPSA) is 77.6 Å². The van der Waals surface area contributed by atoms with E-state index in [2.05, 4.69) is 19.2 Å². The number of hydrogen-bond acceptors (Lipinski definition) is 5. The van der Waals surface area contributed by atoms with Crippen LogP contribution in [-0.4, -0.2) is 30.0 Å². The summed E-state index contributed by atoms with van der Waals surface area (Å²) in [6.07, 6.45) is 0.450. The Morgan fingerprint density at radius 2 is 2.12 bits per heavy atom. The van der Waals surface area contributed by atoms with E-state index in [0.29, 0.717) is 5.69 Å². The Hall–Kier alpha value is -1.98. The van der Waals surface area contributed by atoms with Gasteiger partial charge < -0.3 is 19.2 Å². The van der Waals surface area contributed by atoms with Crippen molar-refractivity contribution in [2.75, 3.05) is 6.79 Å². The zero-order chi connectivity index (χ0) is 12.0. The highest BCUT2D eigenvalue weighted by atomic mass is 16.8. The van der Waals surface area contributed by atoms with Crippen LogP contribution in [0, 0.1) is 0 Å². The molecule has 16 heavy (non-hydrogen) atoms. The third-order valence-corrected chi connectivity index (χ3v) is 1.52. The van der Waals surface area contributed by atoms with Gasteiger partial charge in [0, 0.05) is 6.20 Å². The molecule has 0 aliphatic heterocycles. The summed E-state index contributed by atoms with van der Waals surface area (Å²) in [5.74, 6) is -0.595. The lowest BCUT2D eigenvalue weighted by atomic mass is 10.4. The van der Waals surface area contributed by atoms with Gasteiger partial charge >= 0.3 is 12.1 Å². The molecule has 0 unspecified atom stereocenters. The van der Waals surface area contributed by atoms with Crippen molar-refractivity contribution in [3.05, 3.63) is 24.0 Å². The zero-order valence-corrected chi connectivity index (χ0v) is 9.06. The monoisotopic (exact) mass is 227 g/mol. The summed E-state index contributed by atoms with van der Waals surface area (Å²) in [4.78, 5) is 24.8. The van der Waals surface area contributed by atoms with E-state index in [1.54, 1.807) is 32.2 Å². The smallest absolute Gasteiger partial charge is 0.431 e. The Bertz CT molecular complexity index is 344. The molecule has 6 nitrogen and oxygen atoms in total. The van der Waals surface area contributed by atoms with Gasteiger partial charge in [0.25, 0.3) is 0 Å². The van der Waals surface area contributed by atoms with Crippen LogP contribution in [0.1, 0.15) is 24.3 Å². The summed E-state index contributed by atoms with van der Waals surface area (Å²) in [5, 5.41) is 0. The lowest BCUT2D eigenvalue weighted by molar-refractivity contribution is -0.0347. The van der Waals surface area contributed by atoms with Crippen LogP contribution in [0.5, 0.6) is 0 Å². The summed E-state index contributed by atoms with van der Waals surface area (Å²) in [5.41, 5.74) is 0.292. The van der Waals surface area contributed by atoms with Gasteiger partial charge in [0.1, 0.15) is 5.69 Å². The number of aromatic amines is 1. The molecule has 0 saturated carbocycles. The minimum absolute atomic E-state index is 0.272. The third-order valence-electron chi connectivity index (χ3n) is 1.52. The second kappa shape index (κ2) is 5.79. The molecule has 0 aromatic carbocycles. The van der Waals surface area contributed by atoms with Crippen molar-refractivity contribution in [3.63, 3.8) is 0 Å². The molecule has 1 aromatic heterocycles. The number of H-pyrrole nitrogens is 1. The predicted octanol–water partition coefficient (Wildman–Crippen LogP) is 1.69. The lowest BCUT2D eigenvalue weighted by Crippen LogP contribution is -2.16. The Morgan fingerprint density at radius 3 is 2.69 bits per heavy atom. The van der Waals surface area contributed by atoms with Crippen molar-refractivity contribution in [2.45, 2.75) is 20.0 Å². The molecule has 0 spiro atoms. The highest BCUT2D eigenvalue weighted by molar-refractivity contribution is 5.87. The van der Waals surface area contributed by atoms with Gasteiger partial charge in [0.2, 0.25) is 6.79 Å². The summed E-state index contributed by atoms with van der Waals surface area (Å²) in [7, 11) is 0. The van der Waals surface area contributed by atoms with Crippen LogP contribution >= 0.6 is 0 Å². The van der Waals surface area contributed by atoms with E-state index in [4.69, 9.17) is 0 Å². The number of ether oxygens (including phenoxy) is 3. The van der Waals surface area contributed by atoms with Gasteiger partial charge in [-0.3, -0.25) is 0 Å². The quantitative estimate of drug-likeness (QED) is 0.625. The Balaban J connectivity index is 2.21. The van der Waals surface area contributed by atoms with Crippen molar-refractivity contribution in [1.82, 2.24) is 4.98 Å². The molecule has 0 saturated heterocycles. The third kappa shape index (κ3) is 4.04. The van der Waals surface area contributed by atoms with E-state index in [1.165, 1.54) is 0 Å². The van der Waals surface area contributed by atoms with Crippen LogP contribution in [0.4, 0.5) is 4.79 Å². The molecule has 0 fully saturated rings. The highest BCUT2D eigenvalue weighted by Gasteiger charge is 2.10. The minimum Gasteiger partial charge on any atom is -0.431 e. The Kier molecular flexibility index (Phi) is 4.38. The Labute approximate surface area is 92.5 Å². The molecule has 0 aliphatic carbocycles. The van der Waals surface area contributed by atoms with E-state index >= 15 is 0 Å². The van der Waals surface area contributed by atoms with E-state index in [-0.39, 0.29) is 6.10 Å². The first-order valence-electron chi connectivity index (χ1n) is 4.73. The van der Waals surface area contributed by atoms with E-state index < -0.39 is 18.9 Å². The number of carbonyl (C=O) groups excluding carboxylic acids is 2. The largest absolute Gasteiger partial charge is 0.511 e. The zero-order valence-electron chi connectivity index (χ0n) is 9.06. The van der Waals surface area contributed by atoms with E-state index in [9.17, 15) is 9.59 Å². The second-order valence-corrected chi connectivity index (χ2v) is 3.19. The molecule has 0 amide bonds. The molecule has 0 radical (unpaired) electrons. The fraction of sp³-hybridized carbons (Fsp3) is 0.400. The van der Waals surface area contributed by atoms with E-state index in [0.717, 1.165) is 0 Å². The van der Waals surface area contributed by atoms with Crippen molar-refractivity contribution in [1.29, 1.82) is 0 Å². The van der Waals surface area contributed by atoms with Gasteiger partial charge in [-0.2, -0.15) is 0 Å². The van der Waals surface area contributed by atoms with Crippen LogP contribution in [0.3, 0.4) is 0 Å². The predicted molar refractivity (Wildman–Crippen MR) is 53.8 cm³/mol. The average Bonchev–Trinajstić information content (AvgIpc) is 2.68. The Morgan fingerprint density at radius 1 is 1.38 bits per heavy atom. The van der Waals surface area contributed by atoms with Crippen molar-refractivity contribution < 1.29 is 23.8 Å². The maximum atomic E-state index is 11.2. The minimum atomic E-state index is -0.866. The van der Waals surface area contributed by atoms with E-state index in [1.807, 2.05) is 0 Å². The number of aromatic nitrogens is 1. The van der Waals surface area contributed by atoms with Gasteiger partial charge in [-0.1, -0.05) is 0 Å². The number of carbonyl (C=O) groups is 2. The molecule has 1 heterocycles. The molecule has 1 aromatic rings. The average molecular weight is 227 g/mol. The van der Waals surface area contributed by atoms with Gasteiger partial charge in [0.15, 0.2) is 0 Å². The molecule has 1 rings (SSSR count). The number of hydrogen-bond donors (Lipinski definition) is 1.